The van der Waals surface area contributed by atoms with Gasteiger partial charge in [0.1, 0.15) is 0 Å². The molecule has 0 unspecified atom stereocenters. The zero-order valence-corrected chi connectivity index (χ0v) is 8.84. The summed E-state index contributed by atoms with van der Waals surface area (Å²) in [6.07, 6.45) is -2.97. The second-order valence-electron chi connectivity index (χ2n) is 3.37. The van der Waals surface area contributed by atoms with Crippen LogP contribution >= 0.6 is 11.6 Å². The topological polar surface area (TPSA) is 17.1 Å². The molecule has 0 spiro atoms. The highest BCUT2D eigenvalue weighted by atomic mass is 35.5. The molecular weight excluding hydrogens is 234 g/mol. The van der Waals surface area contributed by atoms with Crippen LogP contribution in [0.3, 0.4) is 0 Å². The molecule has 0 fully saturated rings. The van der Waals surface area contributed by atoms with E-state index in [1.165, 1.54) is 12.1 Å². The van der Waals surface area contributed by atoms with Crippen LogP contribution in [0.4, 0.5) is 8.78 Å². The van der Waals surface area contributed by atoms with Gasteiger partial charge >= 0.3 is 6.43 Å². The number of ketones is 1. The summed E-state index contributed by atoms with van der Waals surface area (Å²) in [5.74, 6) is -1.16. The number of hydrogen-bond donors (Lipinski definition) is 0. The largest absolute Gasteiger partial charge is 0.300 e. The van der Waals surface area contributed by atoms with Crippen LogP contribution in [0.25, 0.3) is 10.8 Å². The molecular formula is C12H7ClF2O. The van der Waals surface area contributed by atoms with Crippen LogP contribution in [0.5, 0.6) is 0 Å². The third-order valence-corrected chi connectivity index (χ3v) is 2.52. The molecule has 0 N–H and O–H groups in total. The summed E-state index contributed by atoms with van der Waals surface area (Å²) in [4.78, 5) is 11.1. The van der Waals surface area contributed by atoms with Gasteiger partial charge in [0.05, 0.1) is 0 Å². The highest BCUT2D eigenvalue weighted by Gasteiger charge is 2.17. The first-order chi connectivity index (χ1) is 7.58. The van der Waals surface area contributed by atoms with Gasteiger partial charge in [0, 0.05) is 10.6 Å². The first-order valence-corrected chi connectivity index (χ1v) is 4.97. The quantitative estimate of drug-likeness (QED) is 0.727. The standard InChI is InChI=1S/C12H7ClF2O/c13-10-4-3-7-5-9(11(16)12(14)15)2-1-8(7)6-10/h1-6,12H. The lowest BCUT2D eigenvalue weighted by atomic mass is 10.0. The number of rotatable bonds is 2. The van der Waals surface area contributed by atoms with E-state index in [1.54, 1.807) is 24.3 Å². The molecule has 82 valence electrons. The molecule has 0 saturated carbocycles. The van der Waals surface area contributed by atoms with Crippen molar-refractivity contribution >= 4 is 28.2 Å². The maximum absolute atomic E-state index is 12.2. The van der Waals surface area contributed by atoms with Crippen molar-refractivity contribution in [1.29, 1.82) is 0 Å². The van der Waals surface area contributed by atoms with E-state index in [0.717, 1.165) is 10.8 Å². The van der Waals surface area contributed by atoms with Crippen molar-refractivity contribution in [3.05, 3.63) is 47.0 Å². The van der Waals surface area contributed by atoms with E-state index in [-0.39, 0.29) is 5.56 Å². The molecule has 2 aromatic rings. The number of fused-ring (bicyclic) bond motifs is 1. The van der Waals surface area contributed by atoms with E-state index >= 15 is 0 Å². The van der Waals surface area contributed by atoms with Gasteiger partial charge in [0.2, 0.25) is 5.78 Å². The highest BCUT2D eigenvalue weighted by Crippen LogP contribution is 2.21. The zero-order chi connectivity index (χ0) is 11.7. The Bertz CT molecular complexity index is 552. The van der Waals surface area contributed by atoms with E-state index in [0.29, 0.717) is 5.02 Å². The Morgan fingerprint density at radius 3 is 2.38 bits per heavy atom. The predicted octanol–water partition coefficient (Wildman–Crippen LogP) is 3.94. The van der Waals surface area contributed by atoms with Crippen molar-refractivity contribution in [3.63, 3.8) is 0 Å². The van der Waals surface area contributed by atoms with Crippen LogP contribution in [0.1, 0.15) is 10.4 Å². The van der Waals surface area contributed by atoms with Crippen LogP contribution in [0.2, 0.25) is 5.02 Å². The van der Waals surface area contributed by atoms with Crippen LogP contribution in [0.15, 0.2) is 36.4 Å². The van der Waals surface area contributed by atoms with Gasteiger partial charge < -0.3 is 0 Å². The van der Waals surface area contributed by atoms with E-state index in [2.05, 4.69) is 0 Å². The van der Waals surface area contributed by atoms with Crippen molar-refractivity contribution in [1.82, 2.24) is 0 Å². The fourth-order valence-electron chi connectivity index (χ4n) is 1.50. The Labute approximate surface area is 95.6 Å². The summed E-state index contributed by atoms with van der Waals surface area (Å²) >= 11 is 5.78. The Hall–Kier alpha value is -1.48. The molecule has 0 aliphatic rings. The minimum absolute atomic E-state index is 0.0184. The molecule has 0 aromatic heterocycles. The highest BCUT2D eigenvalue weighted by molar-refractivity contribution is 6.31. The maximum Gasteiger partial charge on any atom is 0.300 e. The van der Waals surface area contributed by atoms with Gasteiger partial charge in [-0.05, 0) is 29.0 Å². The van der Waals surface area contributed by atoms with Crippen molar-refractivity contribution in [2.24, 2.45) is 0 Å². The average Bonchev–Trinajstić information content (AvgIpc) is 2.27. The lowest BCUT2D eigenvalue weighted by molar-refractivity contribution is 0.0679. The van der Waals surface area contributed by atoms with Crippen LogP contribution < -0.4 is 0 Å². The van der Waals surface area contributed by atoms with E-state index in [4.69, 9.17) is 11.6 Å². The molecule has 0 bridgehead atoms. The van der Waals surface area contributed by atoms with Gasteiger partial charge in [-0.3, -0.25) is 4.79 Å². The monoisotopic (exact) mass is 240 g/mol. The van der Waals surface area contributed by atoms with Crippen LogP contribution in [0, 0.1) is 0 Å². The molecule has 0 aliphatic heterocycles. The van der Waals surface area contributed by atoms with Crippen LogP contribution in [-0.2, 0) is 0 Å². The number of benzene rings is 2. The third-order valence-electron chi connectivity index (χ3n) is 2.29. The number of hydrogen-bond acceptors (Lipinski definition) is 1. The van der Waals surface area contributed by atoms with Gasteiger partial charge in [-0.2, -0.15) is 0 Å². The van der Waals surface area contributed by atoms with E-state index < -0.39 is 12.2 Å². The molecule has 16 heavy (non-hydrogen) atoms. The lowest BCUT2D eigenvalue weighted by Gasteiger charge is -2.02. The molecule has 1 nitrogen and oxygen atoms in total. The van der Waals surface area contributed by atoms with Gasteiger partial charge in [-0.25, -0.2) is 8.78 Å². The Morgan fingerprint density at radius 2 is 1.69 bits per heavy atom. The molecule has 2 rings (SSSR count). The summed E-state index contributed by atoms with van der Waals surface area (Å²) < 4.78 is 24.4. The molecule has 0 amide bonds. The van der Waals surface area contributed by atoms with Gasteiger partial charge in [-0.1, -0.05) is 29.8 Å². The van der Waals surface area contributed by atoms with Crippen LogP contribution in [-0.4, -0.2) is 12.2 Å². The SMILES string of the molecule is O=C(c1ccc2cc(Cl)ccc2c1)C(F)F. The zero-order valence-electron chi connectivity index (χ0n) is 8.08. The number of Topliss-reactive ketones (excluding diaryl/α,β-unsaturated/α-hetero) is 1. The number of alkyl halides is 2. The Balaban J connectivity index is 2.52. The molecule has 0 heterocycles. The molecule has 4 heteroatoms. The summed E-state index contributed by atoms with van der Waals surface area (Å²) in [5.41, 5.74) is 0.0184. The van der Waals surface area contributed by atoms with Gasteiger partial charge in [0.25, 0.3) is 0 Å². The molecule has 2 aromatic carbocycles. The second-order valence-corrected chi connectivity index (χ2v) is 3.81. The average molecular weight is 241 g/mol. The second kappa shape index (κ2) is 4.18. The molecule has 0 radical (unpaired) electrons. The van der Waals surface area contributed by atoms with Gasteiger partial charge in [-0.15, -0.1) is 0 Å². The number of halogens is 3. The van der Waals surface area contributed by atoms with Gasteiger partial charge in [0.15, 0.2) is 0 Å². The predicted molar refractivity (Wildman–Crippen MR) is 59.3 cm³/mol. The van der Waals surface area contributed by atoms with Crippen molar-refractivity contribution in [2.45, 2.75) is 6.43 Å². The summed E-state index contributed by atoms with van der Waals surface area (Å²) in [5, 5.41) is 2.11. The lowest BCUT2D eigenvalue weighted by Crippen LogP contribution is -2.09. The van der Waals surface area contributed by atoms with Crippen molar-refractivity contribution in [3.8, 4) is 0 Å². The van der Waals surface area contributed by atoms with Crippen molar-refractivity contribution in [2.75, 3.05) is 0 Å². The minimum Gasteiger partial charge on any atom is -0.288 e. The first kappa shape index (κ1) is 11.0. The Morgan fingerprint density at radius 1 is 1.06 bits per heavy atom. The fraction of sp³-hybridized carbons (Fsp3) is 0.0833. The van der Waals surface area contributed by atoms with E-state index in [1.807, 2.05) is 0 Å². The molecule has 0 aliphatic carbocycles. The first-order valence-electron chi connectivity index (χ1n) is 4.59. The fourth-order valence-corrected chi connectivity index (χ4v) is 1.68. The normalized spacial score (nSPS) is 11.0. The Kier molecular flexibility index (Phi) is 2.88. The third kappa shape index (κ3) is 2.04. The maximum atomic E-state index is 12.2. The minimum atomic E-state index is -2.97. The number of carbonyl (C=O) groups excluding carboxylic acids is 1. The van der Waals surface area contributed by atoms with E-state index in [9.17, 15) is 13.6 Å². The smallest absolute Gasteiger partial charge is 0.288 e. The summed E-state index contributed by atoms with van der Waals surface area (Å²) in [6.45, 7) is 0. The van der Waals surface area contributed by atoms with Crippen molar-refractivity contribution < 1.29 is 13.6 Å². The number of carbonyl (C=O) groups is 1. The molecule has 0 saturated heterocycles. The molecule has 0 atom stereocenters. The summed E-state index contributed by atoms with van der Waals surface area (Å²) in [7, 11) is 0. The summed E-state index contributed by atoms with van der Waals surface area (Å²) in [6, 6.07) is 9.50.